The number of rotatable bonds is 3. The minimum atomic E-state index is -1.18. The minimum absolute atomic E-state index is 0.124. The van der Waals surface area contributed by atoms with Crippen LogP contribution in [0.4, 0.5) is 0 Å². The summed E-state index contributed by atoms with van der Waals surface area (Å²) >= 11 is 0. The number of carbonyl (C=O) groups is 2. The first-order valence-electron chi connectivity index (χ1n) is 7.41. The lowest BCUT2D eigenvalue weighted by atomic mass is 9.66. The van der Waals surface area contributed by atoms with Crippen LogP contribution in [-0.4, -0.2) is 40.1 Å². The minimum Gasteiger partial charge on any atom is -0.481 e. The van der Waals surface area contributed by atoms with E-state index in [1.807, 2.05) is 36.4 Å². The highest BCUT2D eigenvalue weighted by atomic mass is 16.5. The van der Waals surface area contributed by atoms with Crippen LogP contribution in [0.3, 0.4) is 0 Å². The number of hydrogen-bond acceptors (Lipinski definition) is 3. The molecule has 0 aromatic heterocycles. The molecule has 3 aliphatic heterocycles. The number of fused-ring (bicyclic) bond motifs is 1. The quantitative estimate of drug-likeness (QED) is 0.858. The summed E-state index contributed by atoms with van der Waals surface area (Å²) in [6, 6.07) is 9.71. The van der Waals surface area contributed by atoms with Crippen molar-refractivity contribution in [3.8, 4) is 0 Å². The number of carbonyl (C=O) groups excluding carboxylic acids is 1. The van der Waals surface area contributed by atoms with Crippen LogP contribution in [0, 0.1) is 11.3 Å². The number of ether oxygens (including phenoxy) is 1. The Morgan fingerprint density at radius 3 is 2.82 bits per heavy atom. The third-order valence-electron chi connectivity index (χ3n) is 5.25. The molecule has 0 aliphatic carbocycles. The molecule has 22 heavy (non-hydrogen) atoms. The molecule has 2 saturated heterocycles. The zero-order chi connectivity index (χ0) is 15.5. The molecule has 3 aliphatic rings. The molecule has 0 saturated carbocycles. The molecule has 1 amide bonds. The molecule has 2 fully saturated rings. The van der Waals surface area contributed by atoms with E-state index in [0.717, 1.165) is 5.56 Å². The zero-order valence-corrected chi connectivity index (χ0v) is 12.2. The smallest absolute Gasteiger partial charge is 0.313 e. The van der Waals surface area contributed by atoms with Gasteiger partial charge in [0.15, 0.2) is 0 Å². The molecular formula is C17H17NO4. The van der Waals surface area contributed by atoms with Gasteiger partial charge in [0.2, 0.25) is 5.91 Å². The van der Waals surface area contributed by atoms with Crippen molar-refractivity contribution in [2.24, 2.45) is 11.3 Å². The first kappa shape index (κ1) is 13.5. The largest absolute Gasteiger partial charge is 0.481 e. The lowest BCUT2D eigenvalue weighted by Gasteiger charge is -2.30. The summed E-state index contributed by atoms with van der Waals surface area (Å²) in [4.78, 5) is 26.3. The molecule has 5 nitrogen and oxygen atoms in total. The van der Waals surface area contributed by atoms with E-state index in [1.165, 1.54) is 0 Å². The fraction of sp³-hybridized carbons (Fsp3) is 0.412. The third kappa shape index (κ3) is 1.52. The number of nitrogens with zero attached hydrogens (tertiary/aromatic N) is 1. The van der Waals surface area contributed by atoms with Gasteiger partial charge in [-0.15, -0.1) is 0 Å². The van der Waals surface area contributed by atoms with Crippen molar-refractivity contribution in [3.63, 3.8) is 0 Å². The molecular weight excluding hydrogens is 282 g/mol. The van der Waals surface area contributed by atoms with E-state index in [2.05, 4.69) is 0 Å². The van der Waals surface area contributed by atoms with E-state index < -0.39 is 29.0 Å². The molecule has 0 unspecified atom stereocenters. The third-order valence-corrected chi connectivity index (χ3v) is 5.25. The van der Waals surface area contributed by atoms with E-state index >= 15 is 0 Å². The Labute approximate surface area is 128 Å². The number of carboxylic acid groups (broad SMARTS) is 1. The van der Waals surface area contributed by atoms with E-state index in [-0.39, 0.29) is 5.91 Å². The monoisotopic (exact) mass is 299 g/mol. The van der Waals surface area contributed by atoms with Crippen LogP contribution in [0.15, 0.2) is 42.5 Å². The highest BCUT2D eigenvalue weighted by Gasteiger charge is 2.72. The zero-order valence-electron chi connectivity index (χ0n) is 12.2. The topological polar surface area (TPSA) is 66.8 Å². The average molecular weight is 299 g/mol. The summed E-state index contributed by atoms with van der Waals surface area (Å²) in [5.41, 5.74) is -0.927. The van der Waals surface area contributed by atoms with Crippen molar-refractivity contribution < 1.29 is 19.4 Å². The summed E-state index contributed by atoms with van der Waals surface area (Å²) < 4.78 is 5.94. The number of benzene rings is 1. The molecule has 1 N–H and O–H groups in total. The van der Waals surface area contributed by atoms with Gasteiger partial charge < -0.3 is 14.7 Å². The number of hydrogen-bond donors (Lipinski definition) is 1. The van der Waals surface area contributed by atoms with Crippen LogP contribution in [0.1, 0.15) is 12.5 Å². The van der Waals surface area contributed by atoms with Crippen LogP contribution in [0.2, 0.25) is 0 Å². The van der Waals surface area contributed by atoms with Gasteiger partial charge in [0.1, 0.15) is 11.0 Å². The molecule has 4 rings (SSSR count). The lowest BCUT2D eigenvalue weighted by molar-refractivity contribution is -0.156. The number of aliphatic carboxylic acids is 1. The maximum atomic E-state index is 12.8. The van der Waals surface area contributed by atoms with Crippen LogP contribution in [-0.2, 0) is 20.9 Å². The molecule has 0 radical (unpaired) electrons. The van der Waals surface area contributed by atoms with Gasteiger partial charge in [-0.3, -0.25) is 9.59 Å². The van der Waals surface area contributed by atoms with Crippen molar-refractivity contribution in [2.75, 3.05) is 6.54 Å². The maximum Gasteiger partial charge on any atom is 0.313 e. The van der Waals surface area contributed by atoms with Gasteiger partial charge in [-0.1, -0.05) is 42.5 Å². The summed E-state index contributed by atoms with van der Waals surface area (Å²) in [5, 5.41) is 9.65. The highest BCUT2D eigenvalue weighted by Crippen LogP contribution is 2.58. The average Bonchev–Trinajstić information content (AvgIpc) is 3.10. The standard InChI is InChI=1S/C17H17NO4/c1-16(15(20)21)12-7-8-17(22-12)10-18(14(19)13(16)17)9-11-5-3-2-4-6-11/h2-8,12-13H,9-10H2,1H3,(H,20,21)/t12-,13-,16+,17-/m1/s1. The second kappa shape index (κ2) is 4.20. The van der Waals surface area contributed by atoms with E-state index in [0.29, 0.717) is 13.1 Å². The molecule has 1 aromatic carbocycles. The van der Waals surface area contributed by atoms with Crippen LogP contribution in [0.25, 0.3) is 0 Å². The van der Waals surface area contributed by atoms with Gasteiger partial charge in [0.25, 0.3) is 0 Å². The Balaban J connectivity index is 1.68. The summed E-state index contributed by atoms with van der Waals surface area (Å²) in [6.45, 7) is 2.52. The predicted molar refractivity (Wildman–Crippen MR) is 77.8 cm³/mol. The second-order valence-electron chi connectivity index (χ2n) is 6.55. The van der Waals surface area contributed by atoms with Crippen LogP contribution in [0.5, 0.6) is 0 Å². The maximum absolute atomic E-state index is 12.8. The fourth-order valence-corrected chi connectivity index (χ4v) is 4.11. The van der Waals surface area contributed by atoms with Crippen molar-refractivity contribution in [2.45, 2.75) is 25.2 Å². The van der Waals surface area contributed by atoms with Crippen LogP contribution >= 0.6 is 0 Å². The Bertz CT molecular complexity index is 685. The van der Waals surface area contributed by atoms with Crippen molar-refractivity contribution >= 4 is 11.9 Å². The molecule has 5 heteroatoms. The molecule has 3 heterocycles. The molecule has 1 aromatic rings. The Hall–Kier alpha value is -2.14. The number of amides is 1. The SMILES string of the molecule is C[C@@]1(C(=O)O)[C@H]2C(=O)N(Cc3ccccc3)C[C@]23C=C[C@H]1O3. The predicted octanol–water partition coefficient (Wildman–Crippen LogP) is 1.44. The Kier molecular flexibility index (Phi) is 2.58. The Morgan fingerprint density at radius 2 is 2.14 bits per heavy atom. The fourth-order valence-electron chi connectivity index (χ4n) is 4.11. The van der Waals surface area contributed by atoms with Crippen molar-refractivity contribution in [1.82, 2.24) is 4.90 Å². The molecule has 4 atom stereocenters. The molecule has 2 bridgehead atoms. The first-order valence-corrected chi connectivity index (χ1v) is 7.41. The molecule has 1 spiro atoms. The molecule has 114 valence electrons. The Morgan fingerprint density at radius 1 is 1.41 bits per heavy atom. The normalized spacial score (nSPS) is 38.6. The van der Waals surface area contributed by atoms with Gasteiger partial charge in [-0.25, -0.2) is 0 Å². The number of carboxylic acids is 1. The summed E-state index contributed by atoms with van der Waals surface area (Å²) in [5.74, 6) is -1.74. The van der Waals surface area contributed by atoms with E-state index in [4.69, 9.17) is 4.74 Å². The summed E-state index contributed by atoms with van der Waals surface area (Å²) in [6.07, 6.45) is 3.16. The van der Waals surface area contributed by atoms with Crippen LogP contribution < -0.4 is 0 Å². The van der Waals surface area contributed by atoms with Crippen molar-refractivity contribution in [3.05, 3.63) is 48.0 Å². The van der Waals surface area contributed by atoms with Gasteiger partial charge in [0, 0.05) is 6.54 Å². The van der Waals surface area contributed by atoms with E-state index in [9.17, 15) is 14.7 Å². The van der Waals surface area contributed by atoms with Gasteiger partial charge >= 0.3 is 5.97 Å². The lowest BCUT2D eigenvalue weighted by Crippen LogP contribution is -2.47. The van der Waals surface area contributed by atoms with Crippen molar-refractivity contribution in [1.29, 1.82) is 0 Å². The van der Waals surface area contributed by atoms with E-state index in [1.54, 1.807) is 17.9 Å². The summed E-state index contributed by atoms with van der Waals surface area (Å²) in [7, 11) is 0. The first-order chi connectivity index (χ1) is 10.5. The van der Waals surface area contributed by atoms with Gasteiger partial charge in [-0.05, 0) is 12.5 Å². The van der Waals surface area contributed by atoms with Gasteiger partial charge in [-0.2, -0.15) is 0 Å². The number of likely N-dealkylation sites (tertiary alicyclic amines) is 1. The second-order valence-corrected chi connectivity index (χ2v) is 6.55. The van der Waals surface area contributed by atoms with Gasteiger partial charge in [0.05, 0.1) is 18.6 Å². The highest BCUT2D eigenvalue weighted by molar-refractivity contribution is 5.93.